The minimum absolute atomic E-state index is 0.123. The Labute approximate surface area is 91.5 Å². The molecule has 0 aromatic heterocycles. The summed E-state index contributed by atoms with van der Waals surface area (Å²) in [4.78, 5) is 2.27. The summed E-state index contributed by atoms with van der Waals surface area (Å²) in [5.41, 5.74) is 2.79. The molecule has 0 fully saturated rings. The maximum absolute atomic E-state index is 9.54. The van der Waals surface area contributed by atoms with Crippen LogP contribution in [0, 0.1) is 0 Å². The van der Waals surface area contributed by atoms with Gasteiger partial charge in [0.05, 0.1) is 0 Å². The van der Waals surface area contributed by atoms with E-state index in [0.29, 0.717) is 11.8 Å². The first-order valence-corrected chi connectivity index (χ1v) is 5.41. The molecule has 82 valence electrons. The number of likely N-dealkylation sites (N-methyl/N-ethyl adjacent to an activating group) is 1. The third kappa shape index (κ3) is 1.53. The van der Waals surface area contributed by atoms with Crippen molar-refractivity contribution in [3.8, 4) is 5.75 Å². The van der Waals surface area contributed by atoms with Crippen molar-refractivity contribution in [2.45, 2.75) is 31.7 Å². The first kappa shape index (κ1) is 10.5. The van der Waals surface area contributed by atoms with Gasteiger partial charge in [-0.1, -0.05) is 19.9 Å². The summed E-state index contributed by atoms with van der Waals surface area (Å²) in [6.07, 6.45) is 1.08. The van der Waals surface area contributed by atoms with E-state index in [1.807, 2.05) is 6.07 Å². The highest BCUT2D eigenvalue weighted by Crippen LogP contribution is 2.41. The summed E-state index contributed by atoms with van der Waals surface area (Å²) in [6.45, 7) is 4.51. The Morgan fingerprint density at radius 1 is 1.33 bits per heavy atom. The largest absolute Gasteiger partial charge is 0.508 e. The van der Waals surface area contributed by atoms with Gasteiger partial charge in [0, 0.05) is 11.5 Å². The predicted molar refractivity (Wildman–Crippen MR) is 62.3 cm³/mol. The molecule has 1 aromatic rings. The van der Waals surface area contributed by atoms with E-state index in [9.17, 15) is 5.11 Å². The zero-order chi connectivity index (χ0) is 11.2. The monoisotopic (exact) mass is 205 g/mol. The fraction of sp³-hybridized carbons (Fsp3) is 0.538. The summed E-state index contributed by atoms with van der Waals surface area (Å²) in [5.74, 6) is 0.376. The van der Waals surface area contributed by atoms with Crippen molar-refractivity contribution >= 4 is 0 Å². The lowest BCUT2D eigenvalue weighted by molar-refractivity contribution is 0.216. The molecule has 1 N–H and O–H groups in total. The summed E-state index contributed by atoms with van der Waals surface area (Å²) in [5, 5.41) is 9.54. The third-order valence-electron chi connectivity index (χ3n) is 3.66. The third-order valence-corrected chi connectivity index (χ3v) is 3.66. The van der Waals surface area contributed by atoms with Gasteiger partial charge in [-0.05, 0) is 43.8 Å². The lowest BCUT2D eigenvalue weighted by Crippen LogP contribution is -2.41. The van der Waals surface area contributed by atoms with Crippen LogP contribution in [0.3, 0.4) is 0 Å². The van der Waals surface area contributed by atoms with E-state index in [4.69, 9.17) is 0 Å². The maximum Gasteiger partial charge on any atom is 0.115 e. The SMILES string of the molecule is CN(C)C1Cc2ccc(O)cc2C1(C)C. The van der Waals surface area contributed by atoms with Crippen LogP contribution in [0.1, 0.15) is 25.0 Å². The Morgan fingerprint density at radius 3 is 2.60 bits per heavy atom. The Balaban J connectivity index is 2.48. The fourth-order valence-electron chi connectivity index (χ4n) is 2.81. The van der Waals surface area contributed by atoms with E-state index in [1.165, 1.54) is 11.1 Å². The van der Waals surface area contributed by atoms with E-state index in [1.54, 1.807) is 6.07 Å². The van der Waals surface area contributed by atoms with Crippen molar-refractivity contribution in [3.63, 3.8) is 0 Å². The van der Waals surface area contributed by atoms with Crippen LogP contribution in [-0.4, -0.2) is 30.1 Å². The minimum Gasteiger partial charge on any atom is -0.508 e. The van der Waals surface area contributed by atoms with Gasteiger partial charge >= 0.3 is 0 Å². The second-order valence-corrected chi connectivity index (χ2v) is 5.25. The van der Waals surface area contributed by atoms with Crippen LogP contribution in [0.15, 0.2) is 18.2 Å². The number of phenolic OH excluding ortho intramolecular Hbond substituents is 1. The predicted octanol–water partition coefficient (Wildman–Crippen LogP) is 2.16. The molecule has 0 amide bonds. The van der Waals surface area contributed by atoms with Crippen molar-refractivity contribution < 1.29 is 5.11 Å². The zero-order valence-corrected chi connectivity index (χ0v) is 9.91. The van der Waals surface area contributed by atoms with Gasteiger partial charge in [0.25, 0.3) is 0 Å². The molecule has 0 saturated heterocycles. The highest BCUT2D eigenvalue weighted by molar-refractivity contribution is 5.45. The quantitative estimate of drug-likeness (QED) is 0.759. The molecule has 1 atom stereocenters. The first-order chi connectivity index (χ1) is 6.93. The molecule has 2 rings (SSSR count). The second-order valence-electron chi connectivity index (χ2n) is 5.25. The van der Waals surface area contributed by atoms with Gasteiger partial charge in [0.2, 0.25) is 0 Å². The summed E-state index contributed by atoms with van der Waals surface area (Å²) in [6, 6.07) is 6.27. The van der Waals surface area contributed by atoms with E-state index >= 15 is 0 Å². The summed E-state index contributed by atoms with van der Waals surface area (Å²) in [7, 11) is 4.25. The topological polar surface area (TPSA) is 23.5 Å². The number of phenols is 1. The number of hydrogen-bond donors (Lipinski definition) is 1. The average Bonchev–Trinajstić information content (AvgIpc) is 2.39. The van der Waals surface area contributed by atoms with Gasteiger partial charge in [-0.3, -0.25) is 0 Å². The van der Waals surface area contributed by atoms with Crippen LogP contribution in [0.25, 0.3) is 0 Å². The average molecular weight is 205 g/mol. The van der Waals surface area contributed by atoms with Crippen molar-refractivity contribution in [2.24, 2.45) is 0 Å². The van der Waals surface area contributed by atoms with Crippen LogP contribution in [0.2, 0.25) is 0 Å². The lowest BCUT2D eigenvalue weighted by Gasteiger charge is -2.33. The highest BCUT2D eigenvalue weighted by Gasteiger charge is 2.40. The molecule has 0 saturated carbocycles. The molecule has 1 aliphatic rings. The molecule has 1 aromatic carbocycles. The fourth-order valence-corrected chi connectivity index (χ4v) is 2.81. The van der Waals surface area contributed by atoms with Gasteiger partial charge < -0.3 is 10.0 Å². The van der Waals surface area contributed by atoms with E-state index in [-0.39, 0.29) is 5.41 Å². The van der Waals surface area contributed by atoms with Crippen LogP contribution >= 0.6 is 0 Å². The van der Waals surface area contributed by atoms with E-state index in [2.05, 4.69) is 38.9 Å². The molecular weight excluding hydrogens is 186 g/mol. The van der Waals surface area contributed by atoms with E-state index < -0.39 is 0 Å². The van der Waals surface area contributed by atoms with Gasteiger partial charge in [-0.2, -0.15) is 0 Å². The molecule has 1 aliphatic carbocycles. The second kappa shape index (κ2) is 3.24. The molecule has 2 nitrogen and oxygen atoms in total. The van der Waals surface area contributed by atoms with Crippen LogP contribution < -0.4 is 0 Å². The Kier molecular flexibility index (Phi) is 2.27. The van der Waals surface area contributed by atoms with Crippen molar-refractivity contribution in [1.29, 1.82) is 0 Å². The van der Waals surface area contributed by atoms with E-state index in [0.717, 1.165) is 6.42 Å². The standard InChI is InChI=1S/C13H19NO/c1-13(2)11-8-10(15)6-5-9(11)7-12(13)14(3)4/h5-6,8,12,15H,7H2,1-4H3. The number of benzene rings is 1. The first-order valence-electron chi connectivity index (χ1n) is 5.41. The van der Waals surface area contributed by atoms with Gasteiger partial charge in [-0.25, -0.2) is 0 Å². The molecule has 0 aliphatic heterocycles. The van der Waals surface area contributed by atoms with Crippen LogP contribution in [-0.2, 0) is 11.8 Å². The molecular formula is C13H19NO. The number of rotatable bonds is 1. The molecule has 1 unspecified atom stereocenters. The maximum atomic E-state index is 9.54. The van der Waals surface area contributed by atoms with Gasteiger partial charge in [0.15, 0.2) is 0 Å². The zero-order valence-electron chi connectivity index (χ0n) is 9.91. The smallest absolute Gasteiger partial charge is 0.115 e. The molecule has 0 radical (unpaired) electrons. The minimum atomic E-state index is 0.123. The lowest BCUT2D eigenvalue weighted by atomic mass is 9.82. The normalized spacial score (nSPS) is 23.1. The number of nitrogens with zero attached hydrogens (tertiary/aromatic N) is 1. The van der Waals surface area contributed by atoms with Gasteiger partial charge in [0.1, 0.15) is 5.75 Å². The highest BCUT2D eigenvalue weighted by atomic mass is 16.3. The molecule has 0 bridgehead atoms. The van der Waals surface area contributed by atoms with Crippen LogP contribution in [0.4, 0.5) is 0 Å². The number of aromatic hydroxyl groups is 1. The number of hydrogen-bond acceptors (Lipinski definition) is 2. The Hall–Kier alpha value is -1.02. The van der Waals surface area contributed by atoms with Gasteiger partial charge in [-0.15, -0.1) is 0 Å². The Bertz CT molecular complexity index is 382. The summed E-state index contributed by atoms with van der Waals surface area (Å²) < 4.78 is 0. The van der Waals surface area contributed by atoms with Crippen molar-refractivity contribution in [3.05, 3.63) is 29.3 Å². The van der Waals surface area contributed by atoms with Crippen molar-refractivity contribution in [2.75, 3.05) is 14.1 Å². The molecule has 0 spiro atoms. The Morgan fingerprint density at radius 2 is 2.00 bits per heavy atom. The van der Waals surface area contributed by atoms with Crippen LogP contribution in [0.5, 0.6) is 5.75 Å². The molecule has 15 heavy (non-hydrogen) atoms. The summed E-state index contributed by atoms with van der Waals surface area (Å²) >= 11 is 0. The molecule has 2 heteroatoms. The van der Waals surface area contributed by atoms with Crippen molar-refractivity contribution in [1.82, 2.24) is 4.90 Å². The molecule has 0 heterocycles. The number of fused-ring (bicyclic) bond motifs is 1.